The average Bonchev–Trinajstić information content (AvgIpc) is 2.90. The summed E-state index contributed by atoms with van der Waals surface area (Å²) in [6.07, 6.45) is -0.654. The SMILES string of the molecule is Cc1cccc(C)c1NC(=O)C(c1ccc(O)cc1)N(CCO)C(=O)C(Cc1ccccc1)NC(=O)OC(C)(C)C. The summed E-state index contributed by atoms with van der Waals surface area (Å²) >= 11 is 0. The van der Waals surface area contributed by atoms with Crippen molar-refractivity contribution in [1.29, 1.82) is 0 Å². The van der Waals surface area contributed by atoms with Crippen LogP contribution in [0.4, 0.5) is 10.5 Å². The third kappa shape index (κ3) is 8.81. The summed E-state index contributed by atoms with van der Waals surface area (Å²) < 4.78 is 5.43. The Morgan fingerprint density at radius 1 is 0.902 bits per heavy atom. The number of aromatic hydroxyl groups is 1. The minimum Gasteiger partial charge on any atom is -0.508 e. The van der Waals surface area contributed by atoms with E-state index in [-0.39, 0.29) is 18.7 Å². The Bertz CT molecular complexity index is 1320. The van der Waals surface area contributed by atoms with Gasteiger partial charge >= 0.3 is 6.09 Å². The Kier molecular flexibility index (Phi) is 10.5. The van der Waals surface area contributed by atoms with Crippen molar-refractivity contribution >= 4 is 23.6 Å². The van der Waals surface area contributed by atoms with Gasteiger partial charge in [-0.25, -0.2) is 4.79 Å². The number of hydrogen-bond donors (Lipinski definition) is 4. The molecule has 0 radical (unpaired) electrons. The van der Waals surface area contributed by atoms with Crippen molar-refractivity contribution in [3.8, 4) is 5.75 Å². The maximum absolute atomic E-state index is 14.2. The van der Waals surface area contributed by atoms with Crippen LogP contribution >= 0.6 is 0 Å². The third-order valence-electron chi connectivity index (χ3n) is 6.39. The molecule has 0 aromatic heterocycles. The molecule has 0 heterocycles. The number of amides is 3. The number of nitrogens with zero attached hydrogens (tertiary/aromatic N) is 1. The van der Waals surface area contributed by atoms with E-state index < -0.39 is 42.2 Å². The fourth-order valence-electron chi connectivity index (χ4n) is 4.51. The number of carbonyl (C=O) groups excluding carboxylic acids is 3. The van der Waals surface area contributed by atoms with Crippen LogP contribution in [0.3, 0.4) is 0 Å². The van der Waals surface area contributed by atoms with Gasteiger partial charge in [-0.3, -0.25) is 9.59 Å². The first kappa shape index (κ1) is 31.2. The van der Waals surface area contributed by atoms with Crippen LogP contribution in [0.25, 0.3) is 0 Å². The number of ether oxygens (including phenoxy) is 1. The first-order chi connectivity index (χ1) is 19.4. The van der Waals surface area contributed by atoms with E-state index in [2.05, 4.69) is 10.6 Å². The summed E-state index contributed by atoms with van der Waals surface area (Å²) in [7, 11) is 0. The zero-order valence-electron chi connectivity index (χ0n) is 24.2. The van der Waals surface area contributed by atoms with E-state index in [1.54, 1.807) is 32.9 Å². The lowest BCUT2D eigenvalue weighted by atomic mass is 9.99. The molecule has 0 aliphatic heterocycles. The van der Waals surface area contributed by atoms with Crippen LogP contribution in [0.2, 0.25) is 0 Å². The zero-order valence-corrected chi connectivity index (χ0v) is 24.2. The maximum atomic E-state index is 14.2. The first-order valence-corrected chi connectivity index (χ1v) is 13.5. The van der Waals surface area contributed by atoms with Crippen molar-refractivity contribution in [3.05, 3.63) is 95.1 Å². The van der Waals surface area contributed by atoms with E-state index in [1.165, 1.54) is 17.0 Å². The maximum Gasteiger partial charge on any atom is 0.408 e. The van der Waals surface area contributed by atoms with E-state index >= 15 is 0 Å². The summed E-state index contributed by atoms with van der Waals surface area (Å²) in [6, 6.07) is 18.5. The van der Waals surface area contributed by atoms with Crippen LogP contribution in [0.1, 0.15) is 49.1 Å². The molecular formula is C32H39N3O6. The van der Waals surface area contributed by atoms with Crippen LogP contribution in [0.5, 0.6) is 5.75 Å². The van der Waals surface area contributed by atoms with Crippen LogP contribution in [-0.4, -0.2) is 57.8 Å². The number of nitrogens with one attached hydrogen (secondary N) is 2. The van der Waals surface area contributed by atoms with Crippen molar-refractivity contribution in [2.24, 2.45) is 0 Å². The molecular weight excluding hydrogens is 522 g/mol. The molecule has 41 heavy (non-hydrogen) atoms. The van der Waals surface area contributed by atoms with Crippen LogP contribution in [0, 0.1) is 13.8 Å². The molecule has 3 aromatic rings. The normalized spacial score (nSPS) is 12.6. The molecule has 0 fully saturated rings. The molecule has 0 aliphatic carbocycles. The third-order valence-corrected chi connectivity index (χ3v) is 6.39. The monoisotopic (exact) mass is 561 g/mol. The van der Waals surface area contributed by atoms with Crippen molar-refractivity contribution < 1.29 is 29.3 Å². The van der Waals surface area contributed by atoms with Crippen LogP contribution in [0.15, 0.2) is 72.8 Å². The standard InChI is InChI=1S/C32H39N3O6/c1-21-10-9-11-22(2)27(21)34-29(38)28(24-14-16-25(37)17-15-24)35(18-19-36)30(39)26(20-23-12-7-6-8-13-23)33-31(40)41-32(3,4)5/h6-17,26,28,36-37H,18-20H2,1-5H3,(H,33,40)(H,34,38). The summed E-state index contributed by atoms with van der Waals surface area (Å²) in [5, 5.41) is 25.5. The lowest BCUT2D eigenvalue weighted by Crippen LogP contribution is -2.53. The van der Waals surface area contributed by atoms with Gasteiger partial charge in [-0.15, -0.1) is 0 Å². The molecule has 3 amide bonds. The molecule has 0 spiro atoms. The Labute approximate surface area is 241 Å². The van der Waals surface area contributed by atoms with E-state index in [0.29, 0.717) is 11.3 Å². The largest absolute Gasteiger partial charge is 0.508 e. The molecule has 9 heteroatoms. The summed E-state index contributed by atoms with van der Waals surface area (Å²) in [5.41, 5.74) is 2.71. The molecule has 2 atom stereocenters. The van der Waals surface area contributed by atoms with Crippen molar-refractivity contribution in [2.45, 2.75) is 58.7 Å². The van der Waals surface area contributed by atoms with Crippen LogP contribution < -0.4 is 10.6 Å². The Hall–Kier alpha value is -4.37. The second-order valence-corrected chi connectivity index (χ2v) is 10.9. The molecule has 0 saturated carbocycles. The highest BCUT2D eigenvalue weighted by Gasteiger charge is 2.36. The Morgan fingerprint density at radius 3 is 2.07 bits per heavy atom. The number of benzene rings is 3. The zero-order chi connectivity index (χ0) is 30.2. The van der Waals surface area contributed by atoms with Crippen molar-refractivity contribution in [1.82, 2.24) is 10.2 Å². The fourth-order valence-corrected chi connectivity index (χ4v) is 4.51. The number of alkyl carbamates (subject to hydrolysis) is 1. The topological polar surface area (TPSA) is 128 Å². The summed E-state index contributed by atoms with van der Waals surface area (Å²) in [6.45, 7) is 8.28. The van der Waals surface area contributed by atoms with Gasteiger partial charge in [0.15, 0.2) is 0 Å². The number of aryl methyl sites for hydroxylation is 2. The fraction of sp³-hybridized carbons (Fsp3) is 0.344. The number of phenolic OH excluding ortho intramolecular Hbond substituents is 1. The smallest absolute Gasteiger partial charge is 0.408 e. The number of carbonyl (C=O) groups is 3. The number of para-hydroxylation sites is 1. The minimum absolute atomic E-state index is 0.00348. The number of aliphatic hydroxyl groups excluding tert-OH is 1. The van der Waals surface area contributed by atoms with Crippen molar-refractivity contribution in [2.75, 3.05) is 18.5 Å². The summed E-state index contributed by atoms with van der Waals surface area (Å²) in [4.78, 5) is 42.2. The highest BCUT2D eigenvalue weighted by Crippen LogP contribution is 2.28. The number of rotatable bonds is 10. The van der Waals surface area contributed by atoms with Gasteiger partial charge in [0.25, 0.3) is 5.91 Å². The van der Waals surface area contributed by atoms with Gasteiger partial charge in [0.1, 0.15) is 23.4 Å². The first-order valence-electron chi connectivity index (χ1n) is 13.5. The highest BCUT2D eigenvalue weighted by molar-refractivity contribution is 6.00. The van der Waals surface area contributed by atoms with E-state index in [9.17, 15) is 24.6 Å². The van der Waals surface area contributed by atoms with Gasteiger partial charge in [0.2, 0.25) is 5.91 Å². The summed E-state index contributed by atoms with van der Waals surface area (Å²) in [5.74, 6) is -1.09. The molecule has 9 nitrogen and oxygen atoms in total. The molecule has 2 unspecified atom stereocenters. The van der Waals surface area contributed by atoms with Crippen molar-refractivity contribution in [3.63, 3.8) is 0 Å². The molecule has 4 N–H and O–H groups in total. The predicted octanol–water partition coefficient (Wildman–Crippen LogP) is 4.65. The number of hydrogen-bond acceptors (Lipinski definition) is 6. The quantitative estimate of drug-likeness (QED) is 0.285. The van der Waals surface area contributed by atoms with E-state index in [0.717, 1.165) is 16.7 Å². The molecule has 0 bridgehead atoms. The molecule has 3 aromatic carbocycles. The number of anilines is 1. The average molecular weight is 562 g/mol. The van der Waals surface area contributed by atoms with Gasteiger partial charge in [-0.1, -0.05) is 60.7 Å². The lowest BCUT2D eigenvalue weighted by Gasteiger charge is -2.34. The van der Waals surface area contributed by atoms with E-state index in [4.69, 9.17) is 4.74 Å². The molecule has 218 valence electrons. The molecule has 0 aliphatic rings. The molecule has 0 saturated heterocycles. The van der Waals surface area contributed by atoms with Gasteiger partial charge in [0, 0.05) is 18.7 Å². The Morgan fingerprint density at radius 2 is 1.51 bits per heavy atom. The number of aliphatic hydroxyl groups is 1. The van der Waals surface area contributed by atoms with E-state index in [1.807, 2.05) is 62.4 Å². The lowest BCUT2D eigenvalue weighted by molar-refractivity contribution is -0.141. The number of phenols is 1. The van der Waals surface area contributed by atoms with Crippen LogP contribution in [-0.2, 0) is 20.7 Å². The molecule has 3 rings (SSSR count). The predicted molar refractivity (Wildman–Crippen MR) is 157 cm³/mol. The van der Waals surface area contributed by atoms with Gasteiger partial charge in [-0.2, -0.15) is 0 Å². The van der Waals surface area contributed by atoms with Gasteiger partial charge < -0.3 is 30.5 Å². The second kappa shape index (κ2) is 13.8. The minimum atomic E-state index is -1.19. The Balaban J connectivity index is 2.05. The second-order valence-electron chi connectivity index (χ2n) is 10.9. The van der Waals surface area contributed by atoms with Gasteiger partial charge in [0.05, 0.1) is 6.61 Å². The van der Waals surface area contributed by atoms with Gasteiger partial charge in [-0.05, 0) is 69.0 Å². The highest BCUT2D eigenvalue weighted by atomic mass is 16.6.